The van der Waals surface area contributed by atoms with Crippen molar-refractivity contribution < 1.29 is 9.53 Å². The molecule has 144 valence electrons. The third-order valence-electron chi connectivity index (χ3n) is 5.04. The number of methoxy groups -OCH3 is 1. The molecule has 28 heavy (non-hydrogen) atoms. The first-order chi connectivity index (χ1) is 13.7. The van der Waals surface area contributed by atoms with Gasteiger partial charge in [-0.3, -0.25) is 4.79 Å². The van der Waals surface area contributed by atoms with Gasteiger partial charge in [-0.2, -0.15) is 0 Å². The molecule has 6 heteroatoms. The van der Waals surface area contributed by atoms with Gasteiger partial charge in [-0.15, -0.1) is 10.2 Å². The van der Waals surface area contributed by atoms with Crippen LogP contribution in [0.4, 0.5) is 5.69 Å². The lowest BCUT2D eigenvalue weighted by atomic mass is 10.1. The fraction of sp³-hybridized carbons (Fsp3) is 0.318. The van der Waals surface area contributed by atoms with Crippen molar-refractivity contribution >= 4 is 11.6 Å². The molecule has 2 heterocycles. The summed E-state index contributed by atoms with van der Waals surface area (Å²) in [5.41, 5.74) is 2.84. The molecule has 4 rings (SSSR count). The number of nitrogens with one attached hydrogen (secondary N) is 1. The summed E-state index contributed by atoms with van der Waals surface area (Å²) in [4.78, 5) is 12.4. The minimum Gasteiger partial charge on any atom is -0.497 e. The molecule has 0 saturated carbocycles. The van der Waals surface area contributed by atoms with E-state index in [1.165, 1.54) is 6.42 Å². The molecular formula is C22H24N4O2. The maximum absolute atomic E-state index is 12.4. The summed E-state index contributed by atoms with van der Waals surface area (Å²) in [5, 5.41) is 11.7. The second-order valence-corrected chi connectivity index (χ2v) is 7.03. The van der Waals surface area contributed by atoms with Crippen LogP contribution in [0.15, 0.2) is 48.5 Å². The summed E-state index contributed by atoms with van der Waals surface area (Å²) in [6.07, 6.45) is 4.38. The van der Waals surface area contributed by atoms with Crippen molar-refractivity contribution in [2.75, 3.05) is 12.4 Å². The summed E-state index contributed by atoms with van der Waals surface area (Å²) in [6, 6.07) is 15.6. The minimum atomic E-state index is -0.0109. The fourth-order valence-electron chi connectivity index (χ4n) is 3.57. The standard InChI is InChI=1S/C22H24N4O2/c1-28-19-9-4-6-16(14-19)11-12-21(27)23-18-8-5-7-17(15-18)22-25-24-20-10-2-3-13-26(20)22/h4-9,14-15H,2-3,10-13H2,1H3,(H,23,27). The molecule has 0 saturated heterocycles. The van der Waals surface area contributed by atoms with Gasteiger partial charge in [0.1, 0.15) is 11.6 Å². The highest BCUT2D eigenvalue weighted by atomic mass is 16.5. The average molecular weight is 376 g/mol. The number of benzene rings is 2. The highest BCUT2D eigenvalue weighted by Gasteiger charge is 2.17. The second-order valence-electron chi connectivity index (χ2n) is 7.03. The van der Waals surface area contributed by atoms with E-state index in [4.69, 9.17) is 4.74 Å². The van der Waals surface area contributed by atoms with Crippen molar-refractivity contribution in [3.05, 3.63) is 59.9 Å². The zero-order valence-electron chi connectivity index (χ0n) is 16.0. The van der Waals surface area contributed by atoms with Gasteiger partial charge in [0, 0.05) is 30.6 Å². The van der Waals surface area contributed by atoms with Crippen molar-refractivity contribution in [1.82, 2.24) is 14.8 Å². The average Bonchev–Trinajstić information content (AvgIpc) is 3.17. The van der Waals surface area contributed by atoms with E-state index >= 15 is 0 Å². The molecule has 1 amide bonds. The molecule has 1 aliphatic rings. The number of nitrogens with zero attached hydrogens (tertiary/aromatic N) is 3. The van der Waals surface area contributed by atoms with Crippen molar-refractivity contribution in [1.29, 1.82) is 0 Å². The van der Waals surface area contributed by atoms with E-state index in [0.717, 1.165) is 53.6 Å². The SMILES string of the molecule is COc1cccc(CCC(=O)Nc2cccc(-c3nnc4n3CCCC4)c2)c1. The quantitative estimate of drug-likeness (QED) is 0.709. The van der Waals surface area contributed by atoms with Crippen LogP contribution in [0.5, 0.6) is 5.75 Å². The van der Waals surface area contributed by atoms with Gasteiger partial charge in [0.15, 0.2) is 5.82 Å². The van der Waals surface area contributed by atoms with E-state index < -0.39 is 0 Å². The van der Waals surface area contributed by atoms with E-state index in [1.807, 2.05) is 48.5 Å². The Bertz CT molecular complexity index is 980. The third kappa shape index (κ3) is 4.06. The molecule has 0 radical (unpaired) electrons. The highest BCUT2D eigenvalue weighted by molar-refractivity contribution is 5.91. The predicted octanol–water partition coefficient (Wildman–Crippen LogP) is 3.86. The molecule has 0 fully saturated rings. The third-order valence-corrected chi connectivity index (χ3v) is 5.04. The molecule has 0 bridgehead atoms. The zero-order chi connectivity index (χ0) is 19.3. The molecule has 6 nitrogen and oxygen atoms in total. The molecule has 3 aromatic rings. The topological polar surface area (TPSA) is 69.0 Å². The first-order valence-electron chi connectivity index (χ1n) is 9.68. The van der Waals surface area contributed by atoms with E-state index in [9.17, 15) is 4.79 Å². The van der Waals surface area contributed by atoms with Gasteiger partial charge in [0.2, 0.25) is 5.91 Å². The number of hydrogen-bond acceptors (Lipinski definition) is 4. The fourth-order valence-corrected chi connectivity index (χ4v) is 3.57. The number of aryl methyl sites for hydroxylation is 2. The van der Waals surface area contributed by atoms with Gasteiger partial charge in [-0.05, 0) is 49.1 Å². The predicted molar refractivity (Wildman–Crippen MR) is 108 cm³/mol. The molecule has 2 aromatic carbocycles. The summed E-state index contributed by atoms with van der Waals surface area (Å²) < 4.78 is 7.42. The number of carbonyl (C=O) groups excluding carboxylic acids is 1. The van der Waals surface area contributed by atoms with Crippen LogP contribution in [-0.4, -0.2) is 27.8 Å². The van der Waals surface area contributed by atoms with E-state index in [0.29, 0.717) is 12.8 Å². The van der Waals surface area contributed by atoms with E-state index in [-0.39, 0.29) is 5.91 Å². The normalized spacial score (nSPS) is 13.0. The summed E-state index contributed by atoms with van der Waals surface area (Å²) >= 11 is 0. The maximum Gasteiger partial charge on any atom is 0.224 e. The van der Waals surface area contributed by atoms with Gasteiger partial charge < -0.3 is 14.6 Å². The Balaban J connectivity index is 1.42. The largest absolute Gasteiger partial charge is 0.497 e. The van der Waals surface area contributed by atoms with Gasteiger partial charge in [-0.25, -0.2) is 0 Å². The van der Waals surface area contributed by atoms with Crippen LogP contribution in [-0.2, 0) is 24.2 Å². The minimum absolute atomic E-state index is 0.0109. The number of anilines is 1. The van der Waals surface area contributed by atoms with Crippen molar-refractivity contribution in [3.63, 3.8) is 0 Å². The lowest BCUT2D eigenvalue weighted by molar-refractivity contribution is -0.116. The van der Waals surface area contributed by atoms with Crippen LogP contribution in [0.2, 0.25) is 0 Å². The summed E-state index contributed by atoms with van der Waals surface area (Å²) in [5.74, 6) is 2.72. The summed E-state index contributed by atoms with van der Waals surface area (Å²) in [6.45, 7) is 0.953. The first-order valence-corrected chi connectivity index (χ1v) is 9.68. The van der Waals surface area contributed by atoms with Crippen LogP contribution < -0.4 is 10.1 Å². The maximum atomic E-state index is 12.4. The Labute approximate surface area is 164 Å². The number of amides is 1. The summed E-state index contributed by atoms with van der Waals surface area (Å²) in [7, 11) is 1.64. The van der Waals surface area contributed by atoms with Crippen molar-refractivity contribution in [2.24, 2.45) is 0 Å². The first kappa shape index (κ1) is 18.2. The van der Waals surface area contributed by atoms with E-state index in [2.05, 4.69) is 20.1 Å². The number of hydrogen-bond donors (Lipinski definition) is 1. The number of rotatable bonds is 6. The van der Waals surface area contributed by atoms with Crippen LogP contribution in [0.3, 0.4) is 0 Å². The Morgan fingerprint density at radius 2 is 2.04 bits per heavy atom. The number of ether oxygens (including phenoxy) is 1. The smallest absolute Gasteiger partial charge is 0.224 e. The Kier molecular flexibility index (Phi) is 5.37. The molecular weight excluding hydrogens is 352 g/mol. The monoisotopic (exact) mass is 376 g/mol. The second kappa shape index (κ2) is 8.25. The van der Waals surface area contributed by atoms with Gasteiger partial charge in [0.05, 0.1) is 7.11 Å². The number of aromatic nitrogens is 3. The lowest BCUT2D eigenvalue weighted by Gasteiger charge is -2.15. The van der Waals surface area contributed by atoms with Gasteiger partial charge in [0.25, 0.3) is 0 Å². The molecule has 1 aromatic heterocycles. The van der Waals surface area contributed by atoms with Crippen molar-refractivity contribution in [2.45, 2.75) is 38.6 Å². The zero-order valence-corrected chi connectivity index (χ0v) is 16.0. The van der Waals surface area contributed by atoms with Crippen LogP contribution in [0.25, 0.3) is 11.4 Å². The Morgan fingerprint density at radius 1 is 1.14 bits per heavy atom. The molecule has 0 spiro atoms. The Hall–Kier alpha value is -3.15. The molecule has 0 unspecified atom stereocenters. The Morgan fingerprint density at radius 3 is 2.93 bits per heavy atom. The van der Waals surface area contributed by atoms with Crippen LogP contribution in [0.1, 0.15) is 30.7 Å². The van der Waals surface area contributed by atoms with Crippen molar-refractivity contribution in [3.8, 4) is 17.1 Å². The van der Waals surface area contributed by atoms with Crippen LogP contribution >= 0.6 is 0 Å². The highest BCUT2D eigenvalue weighted by Crippen LogP contribution is 2.25. The number of carbonyl (C=O) groups is 1. The molecule has 0 aliphatic carbocycles. The van der Waals surface area contributed by atoms with E-state index in [1.54, 1.807) is 7.11 Å². The van der Waals surface area contributed by atoms with Gasteiger partial charge >= 0.3 is 0 Å². The number of fused-ring (bicyclic) bond motifs is 1. The molecule has 0 atom stereocenters. The molecule has 1 aliphatic heterocycles. The van der Waals surface area contributed by atoms with Crippen LogP contribution in [0, 0.1) is 0 Å². The lowest BCUT2D eigenvalue weighted by Crippen LogP contribution is -2.13. The molecule has 1 N–H and O–H groups in total. The van der Waals surface area contributed by atoms with Gasteiger partial charge in [-0.1, -0.05) is 24.3 Å².